The summed E-state index contributed by atoms with van der Waals surface area (Å²) in [6.07, 6.45) is 1.06. The van der Waals surface area contributed by atoms with Crippen LogP contribution >= 0.6 is 11.6 Å². The minimum Gasteiger partial charge on any atom is -0.433 e. The molecule has 0 aliphatic rings. The Balaban J connectivity index is 2.72. The van der Waals surface area contributed by atoms with Crippen molar-refractivity contribution in [3.63, 3.8) is 0 Å². The molecule has 102 valence electrons. The van der Waals surface area contributed by atoms with Crippen molar-refractivity contribution in [3.05, 3.63) is 23.2 Å². The number of benzene rings is 1. The van der Waals surface area contributed by atoms with Crippen LogP contribution in [0.5, 0.6) is 5.75 Å². The number of halogens is 3. The zero-order valence-electron chi connectivity index (χ0n) is 10.7. The molecule has 0 spiro atoms. The van der Waals surface area contributed by atoms with Crippen molar-refractivity contribution in [1.29, 1.82) is 0 Å². The van der Waals surface area contributed by atoms with Gasteiger partial charge in [-0.25, -0.2) is 0 Å². The van der Waals surface area contributed by atoms with Crippen LogP contribution in [0, 0.1) is 5.92 Å². The van der Waals surface area contributed by atoms with Gasteiger partial charge in [-0.2, -0.15) is 8.78 Å². The van der Waals surface area contributed by atoms with E-state index in [1.807, 2.05) is 0 Å². The van der Waals surface area contributed by atoms with Crippen molar-refractivity contribution in [2.24, 2.45) is 5.92 Å². The van der Waals surface area contributed by atoms with Gasteiger partial charge in [0.15, 0.2) is 0 Å². The zero-order valence-corrected chi connectivity index (χ0v) is 11.5. The molecule has 0 aromatic heterocycles. The Morgan fingerprint density at radius 1 is 1.33 bits per heavy atom. The third kappa shape index (κ3) is 4.33. The molecular formula is C13H18ClF2NO. The molecule has 0 amide bonds. The van der Waals surface area contributed by atoms with Gasteiger partial charge in [0.2, 0.25) is 0 Å². The number of ether oxygens (including phenoxy) is 1. The highest BCUT2D eigenvalue weighted by Gasteiger charge is 2.12. The van der Waals surface area contributed by atoms with Crippen LogP contribution in [0.4, 0.5) is 14.5 Å². The van der Waals surface area contributed by atoms with E-state index in [0.717, 1.165) is 12.1 Å². The topological polar surface area (TPSA) is 21.3 Å². The highest BCUT2D eigenvalue weighted by molar-refractivity contribution is 6.32. The number of alkyl halides is 2. The van der Waals surface area contributed by atoms with Crippen LogP contribution in [-0.4, -0.2) is 12.7 Å². The Morgan fingerprint density at radius 3 is 2.50 bits per heavy atom. The maximum atomic E-state index is 12.1. The molecule has 0 aliphatic heterocycles. The standard InChI is InChI=1S/C13H18ClF2NO/c1-4-8(2)9(3)17-10-5-6-12(11(14)7-10)18-13(15)16/h5-9,13,17H,4H2,1-3H3. The number of rotatable bonds is 6. The quantitative estimate of drug-likeness (QED) is 0.807. The van der Waals surface area contributed by atoms with Gasteiger partial charge in [-0.3, -0.25) is 0 Å². The average Bonchev–Trinajstić information content (AvgIpc) is 2.31. The predicted octanol–water partition coefficient (Wildman–Crippen LogP) is 4.79. The molecule has 5 heteroatoms. The zero-order chi connectivity index (χ0) is 13.7. The summed E-state index contributed by atoms with van der Waals surface area (Å²) >= 11 is 5.87. The number of hydrogen-bond donors (Lipinski definition) is 1. The minimum atomic E-state index is -2.86. The van der Waals surface area contributed by atoms with E-state index < -0.39 is 6.61 Å². The lowest BCUT2D eigenvalue weighted by Crippen LogP contribution is -2.23. The van der Waals surface area contributed by atoms with Crippen LogP contribution in [0.2, 0.25) is 5.02 Å². The van der Waals surface area contributed by atoms with E-state index in [4.69, 9.17) is 11.6 Å². The molecule has 0 heterocycles. The summed E-state index contributed by atoms with van der Waals surface area (Å²) in [5.74, 6) is 0.508. The number of nitrogens with one attached hydrogen (secondary N) is 1. The van der Waals surface area contributed by atoms with E-state index in [-0.39, 0.29) is 16.8 Å². The fraction of sp³-hybridized carbons (Fsp3) is 0.538. The lowest BCUT2D eigenvalue weighted by atomic mass is 10.0. The van der Waals surface area contributed by atoms with Crippen molar-refractivity contribution in [2.45, 2.75) is 39.8 Å². The van der Waals surface area contributed by atoms with Gasteiger partial charge in [-0.15, -0.1) is 0 Å². The van der Waals surface area contributed by atoms with Crippen molar-refractivity contribution in [3.8, 4) is 5.75 Å². The van der Waals surface area contributed by atoms with Crippen molar-refractivity contribution < 1.29 is 13.5 Å². The molecule has 0 radical (unpaired) electrons. The molecule has 0 saturated heterocycles. The van der Waals surface area contributed by atoms with Crippen molar-refractivity contribution in [2.75, 3.05) is 5.32 Å². The van der Waals surface area contributed by atoms with Gasteiger partial charge in [0.25, 0.3) is 0 Å². The molecule has 1 N–H and O–H groups in total. The molecule has 1 aromatic carbocycles. The van der Waals surface area contributed by atoms with E-state index in [2.05, 4.69) is 30.8 Å². The third-order valence-electron chi connectivity index (χ3n) is 3.04. The molecule has 1 aromatic rings. The first-order valence-corrected chi connectivity index (χ1v) is 6.32. The van der Waals surface area contributed by atoms with Crippen LogP contribution in [-0.2, 0) is 0 Å². The third-order valence-corrected chi connectivity index (χ3v) is 3.34. The van der Waals surface area contributed by atoms with E-state index in [0.29, 0.717) is 5.92 Å². The van der Waals surface area contributed by atoms with E-state index in [1.54, 1.807) is 12.1 Å². The lowest BCUT2D eigenvalue weighted by molar-refractivity contribution is -0.0497. The normalized spacial score (nSPS) is 14.4. The van der Waals surface area contributed by atoms with Crippen LogP contribution in [0.1, 0.15) is 27.2 Å². The first kappa shape index (κ1) is 15.0. The molecule has 0 fully saturated rings. The summed E-state index contributed by atoms with van der Waals surface area (Å²) in [7, 11) is 0. The fourth-order valence-corrected chi connectivity index (χ4v) is 1.77. The summed E-state index contributed by atoms with van der Waals surface area (Å²) in [6.45, 7) is 3.48. The first-order valence-electron chi connectivity index (χ1n) is 5.95. The molecule has 2 atom stereocenters. The molecule has 0 aliphatic carbocycles. The lowest BCUT2D eigenvalue weighted by Gasteiger charge is -2.21. The Kier molecular flexibility index (Phi) is 5.66. The Labute approximate surface area is 111 Å². The second-order valence-electron chi connectivity index (χ2n) is 4.34. The van der Waals surface area contributed by atoms with Gasteiger partial charge in [0.1, 0.15) is 5.75 Å². The fourth-order valence-electron chi connectivity index (χ4n) is 1.54. The van der Waals surface area contributed by atoms with Gasteiger partial charge >= 0.3 is 6.61 Å². The van der Waals surface area contributed by atoms with Crippen molar-refractivity contribution >= 4 is 17.3 Å². The minimum absolute atomic E-state index is 0.00610. The largest absolute Gasteiger partial charge is 0.433 e. The summed E-state index contributed by atoms with van der Waals surface area (Å²) in [4.78, 5) is 0. The monoisotopic (exact) mass is 277 g/mol. The Hall–Kier alpha value is -1.03. The Bertz CT molecular complexity index is 387. The maximum absolute atomic E-state index is 12.1. The second-order valence-corrected chi connectivity index (χ2v) is 4.75. The smallest absolute Gasteiger partial charge is 0.387 e. The van der Waals surface area contributed by atoms with Crippen LogP contribution in [0.25, 0.3) is 0 Å². The summed E-state index contributed by atoms with van der Waals surface area (Å²) in [5.41, 5.74) is 0.800. The molecule has 1 rings (SSSR count). The molecule has 0 bridgehead atoms. The summed E-state index contributed by atoms with van der Waals surface area (Å²) < 4.78 is 28.4. The van der Waals surface area contributed by atoms with Crippen LogP contribution in [0.15, 0.2) is 18.2 Å². The molecule has 18 heavy (non-hydrogen) atoms. The van der Waals surface area contributed by atoms with Crippen molar-refractivity contribution in [1.82, 2.24) is 0 Å². The van der Waals surface area contributed by atoms with E-state index in [9.17, 15) is 8.78 Å². The predicted molar refractivity (Wildman–Crippen MR) is 70.6 cm³/mol. The Morgan fingerprint density at radius 2 is 2.00 bits per heavy atom. The number of hydrogen-bond acceptors (Lipinski definition) is 2. The molecule has 2 unspecified atom stereocenters. The second kappa shape index (κ2) is 6.78. The van der Waals surface area contributed by atoms with Gasteiger partial charge in [0, 0.05) is 11.7 Å². The van der Waals surface area contributed by atoms with E-state index in [1.165, 1.54) is 6.07 Å². The van der Waals surface area contributed by atoms with Crippen LogP contribution in [0.3, 0.4) is 0 Å². The van der Waals surface area contributed by atoms with Gasteiger partial charge in [0.05, 0.1) is 5.02 Å². The van der Waals surface area contributed by atoms with Gasteiger partial charge in [-0.05, 0) is 31.0 Å². The summed E-state index contributed by atoms with van der Waals surface area (Å²) in [5, 5.41) is 3.46. The SMILES string of the molecule is CCC(C)C(C)Nc1ccc(OC(F)F)c(Cl)c1. The highest BCUT2D eigenvalue weighted by Crippen LogP contribution is 2.29. The highest BCUT2D eigenvalue weighted by atomic mass is 35.5. The van der Waals surface area contributed by atoms with Crippen LogP contribution < -0.4 is 10.1 Å². The first-order chi connectivity index (χ1) is 8.43. The maximum Gasteiger partial charge on any atom is 0.387 e. The molecular weight excluding hydrogens is 260 g/mol. The molecule has 0 saturated carbocycles. The molecule has 2 nitrogen and oxygen atoms in total. The van der Waals surface area contributed by atoms with Gasteiger partial charge in [-0.1, -0.05) is 31.9 Å². The number of anilines is 1. The average molecular weight is 278 g/mol. The summed E-state index contributed by atoms with van der Waals surface area (Å²) in [6, 6.07) is 5.01. The van der Waals surface area contributed by atoms with Gasteiger partial charge < -0.3 is 10.1 Å². The van der Waals surface area contributed by atoms with E-state index >= 15 is 0 Å².